The Hall–Kier alpha value is -2.27. The highest BCUT2D eigenvalue weighted by Crippen LogP contribution is 2.61. The van der Waals surface area contributed by atoms with Gasteiger partial charge in [0.1, 0.15) is 5.82 Å². The van der Waals surface area contributed by atoms with Crippen molar-refractivity contribution in [3.8, 4) is 0 Å². The van der Waals surface area contributed by atoms with Gasteiger partial charge < -0.3 is 21.2 Å². The number of aromatic nitrogens is 1. The number of hydrogen-bond donors (Lipinski definition) is 3. The van der Waals surface area contributed by atoms with Crippen molar-refractivity contribution < 1.29 is 26.7 Å². The van der Waals surface area contributed by atoms with E-state index in [2.05, 4.69) is 15.2 Å². The Morgan fingerprint density at radius 1 is 1.34 bits per heavy atom. The predicted octanol–water partition coefficient (Wildman–Crippen LogP) is 3.14. The van der Waals surface area contributed by atoms with Gasteiger partial charge in [0.05, 0.1) is 23.9 Å². The number of pyridine rings is 1. The summed E-state index contributed by atoms with van der Waals surface area (Å²) in [6.07, 6.45) is -2.69. The minimum Gasteiger partial charge on any atom is -0.383 e. The van der Waals surface area contributed by atoms with E-state index in [1.54, 1.807) is 7.11 Å². The summed E-state index contributed by atoms with van der Waals surface area (Å²) >= 11 is 0. The quantitative estimate of drug-likeness (QED) is 0.411. The third-order valence-corrected chi connectivity index (χ3v) is 6.80. The molecule has 4 rings (SSSR count). The molecule has 1 aromatic rings. The van der Waals surface area contributed by atoms with Gasteiger partial charge in [-0.3, -0.25) is 4.90 Å². The first-order valence-corrected chi connectivity index (χ1v) is 10.5. The number of halogens is 5. The summed E-state index contributed by atoms with van der Waals surface area (Å²) in [5.41, 5.74) is 4.38. The number of likely N-dealkylation sites (tertiary alicyclic amines) is 1. The maximum atomic E-state index is 13.1. The van der Waals surface area contributed by atoms with Gasteiger partial charge in [-0.05, 0) is 36.8 Å². The SMILES string of the molecule is COC1CN(C2C[C@@H]3[C@H](C2)[C@H]3/C(=C/C(=N)c2cnc(N)c(C(F)(F)F)c2)NCC(F)F)C1. The summed E-state index contributed by atoms with van der Waals surface area (Å²) in [5, 5.41) is 11.0. The average molecular weight is 459 g/mol. The molecular weight excluding hydrogens is 433 g/mol. The molecule has 32 heavy (non-hydrogen) atoms. The highest BCUT2D eigenvalue weighted by Gasteiger charge is 2.59. The molecule has 11 heteroatoms. The second kappa shape index (κ2) is 8.58. The van der Waals surface area contributed by atoms with E-state index in [-0.39, 0.29) is 23.3 Å². The molecule has 0 aromatic carbocycles. The number of methoxy groups -OCH3 is 1. The number of alkyl halides is 5. The van der Waals surface area contributed by atoms with Crippen LogP contribution in [0.1, 0.15) is 24.0 Å². The fourth-order valence-electron chi connectivity index (χ4n) is 5.04. The first-order chi connectivity index (χ1) is 15.1. The minimum atomic E-state index is -4.70. The number of nitrogen functional groups attached to an aromatic ring is 1. The molecule has 4 atom stereocenters. The van der Waals surface area contributed by atoms with Crippen LogP contribution in [0.25, 0.3) is 0 Å². The maximum absolute atomic E-state index is 13.1. The molecule has 0 spiro atoms. The fraction of sp³-hybridized carbons (Fsp3) is 0.619. The number of allylic oxidation sites excluding steroid dienone is 2. The molecule has 0 amide bonds. The molecule has 1 aromatic heterocycles. The summed E-state index contributed by atoms with van der Waals surface area (Å²) in [5.74, 6) is -0.0191. The third kappa shape index (κ3) is 4.59. The zero-order valence-corrected chi connectivity index (χ0v) is 17.5. The lowest BCUT2D eigenvalue weighted by Crippen LogP contribution is -2.55. The van der Waals surface area contributed by atoms with Crippen LogP contribution in [0.2, 0.25) is 0 Å². The van der Waals surface area contributed by atoms with Crippen LogP contribution in [-0.2, 0) is 10.9 Å². The summed E-state index contributed by atoms with van der Waals surface area (Å²) in [4.78, 5) is 5.92. The molecule has 176 valence electrons. The Kier molecular flexibility index (Phi) is 6.15. The Morgan fingerprint density at radius 2 is 2.00 bits per heavy atom. The molecule has 6 nitrogen and oxygen atoms in total. The van der Waals surface area contributed by atoms with Crippen LogP contribution in [0.15, 0.2) is 24.0 Å². The van der Waals surface area contributed by atoms with Crippen LogP contribution in [0.5, 0.6) is 0 Å². The molecular formula is C21H26F5N5O. The monoisotopic (exact) mass is 459 g/mol. The predicted molar refractivity (Wildman–Crippen MR) is 108 cm³/mol. The number of nitrogens with one attached hydrogen (secondary N) is 2. The Morgan fingerprint density at radius 3 is 2.56 bits per heavy atom. The van der Waals surface area contributed by atoms with Crippen molar-refractivity contribution in [2.75, 3.05) is 32.5 Å². The van der Waals surface area contributed by atoms with Gasteiger partial charge in [-0.25, -0.2) is 13.8 Å². The van der Waals surface area contributed by atoms with Gasteiger partial charge in [0.15, 0.2) is 0 Å². The lowest BCUT2D eigenvalue weighted by Gasteiger charge is -2.43. The molecule has 2 heterocycles. The average Bonchev–Trinajstić information content (AvgIpc) is 3.16. The topological polar surface area (TPSA) is 87.3 Å². The number of hydrogen-bond acceptors (Lipinski definition) is 6. The molecule has 0 bridgehead atoms. The summed E-state index contributed by atoms with van der Waals surface area (Å²) in [7, 11) is 1.69. The van der Waals surface area contributed by atoms with E-state index in [0.29, 0.717) is 23.6 Å². The van der Waals surface area contributed by atoms with E-state index in [4.69, 9.17) is 15.9 Å². The van der Waals surface area contributed by atoms with Crippen molar-refractivity contribution in [1.82, 2.24) is 15.2 Å². The molecule has 2 aliphatic carbocycles. The standard InChI is InChI=1S/C21H26F5N5O/c1-32-12-8-31(9-12)11-3-13-14(4-11)19(13)17(29-7-18(22)23)5-16(27)10-2-15(21(24,25)26)20(28)30-6-10/h2,5-6,11-14,18-19,27,29H,3-4,7-9H2,1H3,(H2,28,30)/b17-5-,27-16?/t11?,13-,14+,19+. The van der Waals surface area contributed by atoms with Gasteiger partial charge in [0, 0.05) is 49.6 Å². The highest BCUT2D eigenvalue weighted by molar-refractivity contribution is 6.07. The van der Waals surface area contributed by atoms with E-state index in [1.165, 1.54) is 6.08 Å². The molecule has 0 radical (unpaired) electrons. The molecule has 3 fully saturated rings. The summed E-state index contributed by atoms with van der Waals surface area (Å²) < 4.78 is 70.4. The molecule has 1 saturated heterocycles. The highest BCUT2D eigenvalue weighted by atomic mass is 19.4. The van der Waals surface area contributed by atoms with E-state index in [9.17, 15) is 22.0 Å². The molecule has 4 N–H and O–H groups in total. The van der Waals surface area contributed by atoms with Gasteiger partial charge in [-0.1, -0.05) is 0 Å². The molecule has 3 aliphatic rings. The first-order valence-electron chi connectivity index (χ1n) is 10.5. The number of ether oxygens (including phenoxy) is 1. The summed E-state index contributed by atoms with van der Waals surface area (Å²) in [6, 6.07) is 1.21. The smallest absolute Gasteiger partial charge is 0.383 e. The Balaban J connectivity index is 1.47. The van der Waals surface area contributed by atoms with Crippen LogP contribution < -0.4 is 11.1 Å². The van der Waals surface area contributed by atoms with E-state index in [0.717, 1.165) is 38.2 Å². The van der Waals surface area contributed by atoms with Crippen LogP contribution >= 0.6 is 0 Å². The number of rotatable bonds is 8. The van der Waals surface area contributed by atoms with E-state index in [1.807, 2.05) is 0 Å². The van der Waals surface area contributed by atoms with Crippen molar-refractivity contribution in [1.29, 1.82) is 5.41 Å². The van der Waals surface area contributed by atoms with Crippen LogP contribution in [-0.4, -0.2) is 60.9 Å². The number of fused-ring (bicyclic) bond motifs is 1. The summed E-state index contributed by atoms with van der Waals surface area (Å²) in [6.45, 7) is 1.22. The maximum Gasteiger partial charge on any atom is 0.419 e. The zero-order chi connectivity index (χ0) is 23.2. The lowest BCUT2D eigenvalue weighted by atomic mass is 9.98. The van der Waals surface area contributed by atoms with Crippen molar-refractivity contribution in [3.05, 3.63) is 35.2 Å². The van der Waals surface area contributed by atoms with Crippen molar-refractivity contribution in [3.63, 3.8) is 0 Å². The van der Waals surface area contributed by atoms with Crippen LogP contribution in [0.4, 0.5) is 27.8 Å². The van der Waals surface area contributed by atoms with Crippen LogP contribution in [0, 0.1) is 23.2 Å². The van der Waals surface area contributed by atoms with Crippen molar-refractivity contribution in [2.45, 2.75) is 37.6 Å². The van der Waals surface area contributed by atoms with Gasteiger partial charge in [0.2, 0.25) is 0 Å². The normalized spacial score (nSPS) is 28.5. The number of nitrogens with zero attached hydrogens (tertiary/aromatic N) is 2. The second-order valence-corrected chi connectivity index (χ2v) is 8.73. The van der Waals surface area contributed by atoms with Crippen molar-refractivity contribution >= 4 is 11.5 Å². The first kappa shape index (κ1) is 22.9. The molecule has 1 aliphatic heterocycles. The largest absolute Gasteiger partial charge is 0.419 e. The number of anilines is 1. The molecule has 1 unspecified atom stereocenters. The zero-order valence-electron chi connectivity index (χ0n) is 17.5. The Bertz CT molecular complexity index is 887. The fourth-order valence-corrected chi connectivity index (χ4v) is 5.04. The van der Waals surface area contributed by atoms with E-state index < -0.39 is 30.5 Å². The molecule has 2 saturated carbocycles. The number of nitrogens with two attached hydrogens (primary N) is 1. The van der Waals surface area contributed by atoms with Crippen LogP contribution in [0.3, 0.4) is 0 Å². The Labute approximate surface area is 182 Å². The minimum absolute atomic E-state index is 0.00803. The second-order valence-electron chi connectivity index (χ2n) is 8.73. The lowest BCUT2D eigenvalue weighted by molar-refractivity contribution is -0.137. The van der Waals surface area contributed by atoms with Gasteiger partial charge in [-0.2, -0.15) is 13.2 Å². The van der Waals surface area contributed by atoms with Crippen molar-refractivity contribution in [2.24, 2.45) is 17.8 Å². The van der Waals surface area contributed by atoms with Gasteiger partial charge >= 0.3 is 6.18 Å². The van der Waals surface area contributed by atoms with Gasteiger partial charge in [-0.15, -0.1) is 0 Å². The van der Waals surface area contributed by atoms with Gasteiger partial charge in [0.25, 0.3) is 6.43 Å². The third-order valence-electron chi connectivity index (χ3n) is 6.80. The van der Waals surface area contributed by atoms with E-state index >= 15 is 0 Å².